The summed E-state index contributed by atoms with van der Waals surface area (Å²) in [7, 11) is 0. The molecule has 2 fully saturated rings. The average molecular weight is 253 g/mol. The van der Waals surface area contributed by atoms with Gasteiger partial charge in [0.25, 0.3) is 0 Å². The predicted octanol–water partition coefficient (Wildman–Crippen LogP) is 1.63. The number of nitrogens with zero attached hydrogens (tertiary/aromatic N) is 1. The molecule has 2 rings (SSSR count). The molecule has 0 saturated heterocycles. The van der Waals surface area contributed by atoms with Crippen molar-refractivity contribution in [1.29, 1.82) is 0 Å². The first kappa shape index (κ1) is 13.7. The van der Waals surface area contributed by atoms with E-state index < -0.39 is 0 Å². The minimum Gasteiger partial charge on any atom is -0.396 e. The van der Waals surface area contributed by atoms with Crippen LogP contribution in [0.1, 0.15) is 51.4 Å². The third kappa shape index (κ3) is 3.87. The molecule has 2 aliphatic carbocycles. The Morgan fingerprint density at radius 1 is 1.06 bits per heavy atom. The number of nitrogens with one attached hydrogen (secondary N) is 1. The maximum Gasteiger partial charge on any atom is 0.188 e. The molecular formula is C14H27N3O. The number of guanidine groups is 1. The Morgan fingerprint density at radius 3 is 2.50 bits per heavy atom. The molecule has 0 aromatic carbocycles. The Hall–Kier alpha value is -0.770. The van der Waals surface area contributed by atoms with E-state index in [1.165, 1.54) is 44.9 Å². The summed E-state index contributed by atoms with van der Waals surface area (Å²) in [5, 5.41) is 12.6. The van der Waals surface area contributed by atoms with E-state index in [1.807, 2.05) is 0 Å². The van der Waals surface area contributed by atoms with Crippen LogP contribution in [0.5, 0.6) is 0 Å². The van der Waals surface area contributed by atoms with Crippen LogP contribution in [-0.4, -0.2) is 30.3 Å². The summed E-state index contributed by atoms with van der Waals surface area (Å²) >= 11 is 0. The van der Waals surface area contributed by atoms with Crippen molar-refractivity contribution in [2.24, 2.45) is 22.6 Å². The first-order valence-corrected chi connectivity index (χ1v) is 7.47. The van der Waals surface area contributed by atoms with Crippen LogP contribution in [0.2, 0.25) is 0 Å². The molecule has 4 heteroatoms. The van der Waals surface area contributed by atoms with Crippen LogP contribution >= 0.6 is 0 Å². The monoisotopic (exact) mass is 253 g/mol. The van der Waals surface area contributed by atoms with Gasteiger partial charge in [0.2, 0.25) is 0 Å². The van der Waals surface area contributed by atoms with Gasteiger partial charge in [-0.15, -0.1) is 0 Å². The normalized spacial score (nSPS) is 30.6. The lowest BCUT2D eigenvalue weighted by molar-refractivity contribution is 0.197. The number of rotatable bonds is 4. The second-order valence-electron chi connectivity index (χ2n) is 5.84. The molecule has 0 aliphatic heterocycles. The zero-order valence-electron chi connectivity index (χ0n) is 11.3. The van der Waals surface area contributed by atoms with Crippen molar-refractivity contribution in [3.63, 3.8) is 0 Å². The molecule has 2 saturated carbocycles. The molecule has 0 radical (unpaired) electrons. The van der Waals surface area contributed by atoms with E-state index in [4.69, 9.17) is 5.73 Å². The molecule has 0 aromatic heterocycles. The fourth-order valence-electron chi connectivity index (χ4n) is 3.31. The molecule has 0 heterocycles. The molecular weight excluding hydrogens is 226 g/mol. The van der Waals surface area contributed by atoms with Crippen LogP contribution in [0, 0.1) is 11.8 Å². The van der Waals surface area contributed by atoms with E-state index in [-0.39, 0.29) is 0 Å². The molecule has 4 N–H and O–H groups in total. The van der Waals surface area contributed by atoms with Crippen molar-refractivity contribution >= 4 is 5.96 Å². The molecule has 0 aromatic rings. The van der Waals surface area contributed by atoms with Gasteiger partial charge in [-0.3, -0.25) is 4.99 Å². The lowest BCUT2D eigenvalue weighted by atomic mass is 9.96. The Morgan fingerprint density at radius 2 is 1.78 bits per heavy atom. The van der Waals surface area contributed by atoms with Gasteiger partial charge < -0.3 is 16.2 Å². The van der Waals surface area contributed by atoms with Crippen molar-refractivity contribution in [3.8, 4) is 0 Å². The SMILES string of the molecule is NC(=NCC1CCCC1CO)NC1CCCCC1. The van der Waals surface area contributed by atoms with E-state index in [2.05, 4.69) is 10.3 Å². The Bertz CT molecular complexity index is 274. The smallest absolute Gasteiger partial charge is 0.188 e. The molecule has 2 unspecified atom stereocenters. The summed E-state index contributed by atoms with van der Waals surface area (Å²) in [6.45, 7) is 1.08. The van der Waals surface area contributed by atoms with Gasteiger partial charge in [0.1, 0.15) is 0 Å². The molecule has 4 nitrogen and oxygen atoms in total. The van der Waals surface area contributed by atoms with Gasteiger partial charge in [0.05, 0.1) is 0 Å². The second-order valence-corrected chi connectivity index (χ2v) is 5.84. The topological polar surface area (TPSA) is 70.6 Å². The lowest BCUT2D eigenvalue weighted by Crippen LogP contribution is -2.41. The molecule has 18 heavy (non-hydrogen) atoms. The number of aliphatic imine (C=N–C) groups is 1. The van der Waals surface area contributed by atoms with Crippen LogP contribution in [0.25, 0.3) is 0 Å². The lowest BCUT2D eigenvalue weighted by Gasteiger charge is -2.23. The van der Waals surface area contributed by atoms with Gasteiger partial charge in [-0.2, -0.15) is 0 Å². The van der Waals surface area contributed by atoms with Crippen molar-refractivity contribution in [3.05, 3.63) is 0 Å². The van der Waals surface area contributed by atoms with Gasteiger partial charge >= 0.3 is 0 Å². The van der Waals surface area contributed by atoms with Crippen LogP contribution in [0.4, 0.5) is 0 Å². The summed E-state index contributed by atoms with van der Waals surface area (Å²) in [4.78, 5) is 4.47. The highest BCUT2D eigenvalue weighted by atomic mass is 16.3. The number of hydrogen-bond donors (Lipinski definition) is 3. The van der Waals surface area contributed by atoms with E-state index >= 15 is 0 Å². The summed E-state index contributed by atoms with van der Waals surface area (Å²) in [5.41, 5.74) is 5.95. The number of hydrogen-bond acceptors (Lipinski definition) is 2. The van der Waals surface area contributed by atoms with Gasteiger partial charge in [-0.25, -0.2) is 0 Å². The van der Waals surface area contributed by atoms with Gasteiger partial charge in [-0.1, -0.05) is 25.7 Å². The summed E-state index contributed by atoms with van der Waals surface area (Å²) < 4.78 is 0. The van der Waals surface area contributed by atoms with E-state index in [9.17, 15) is 5.11 Å². The third-order valence-electron chi connectivity index (χ3n) is 4.50. The number of nitrogens with two attached hydrogens (primary N) is 1. The van der Waals surface area contributed by atoms with Crippen LogP contribution in [-0.2, 0) is 0 Å². The summed E-state index contributed by atoms with van der Waals surface area (Å²) in [5.74, 6) is 1.57. The Labute approximate surface area is 110 Å². The highest BCUT2D eigenvalue weighted by Crippen LogP contribution is 2.31. The zero-order valence-corrected chi connectivity index (χ0v) is 11.3. The van der Waals surface area contributed by atoms with E-state index in [1.54, 1.807) is 0 Å². The van der Waals surface area contributed by atoms with Crippen LogP contribution in [0.15, 0.2) is 4.99 Å². The van der Waals surface area contributed by atoms with Crippen molar-refractivity contribution < 1.29 is 5.11 Å². The fraction of sp³-hybridized carbons (Fsp3) is 0.929. The minimum absolute atomic E-state index is 0.302. The van der Waals surface area contributed by atoms with Gasteiger partial charge in [0, 0.05) is 19.2 Å². The Kier molecular flexibility index (Phi) is 5.29. The standard InChI is InChI=1S/C14H27N3O/c15-14(17-13-7-2-1-3-8-13)16-9-11-5-4-6-12(11)10-18/h11-13,18H,1-10H2,(H3,15,16,17). The maximum absolute atomic E-state index is 9.27. The third-order valence-corrected chi connectivity index (χ3v) is 4.50. The van der Waals surface area contributed by atoms with Crippen molar-refractivity contribution in [2.45, 2.75) is 57.4 Å². The first-order chi connectivity index (χ1) is 8.79. The van der Waals surface area contributed by atoms with E-state index in [0.29, 0.717) is 30.4 Å². The average Bonchev–Trinajstić information content (AvgIpc) is 2.85. The molecule has 0 spiro atoms. The largest absolute Gasteiger partial charge is 0.396 e. The zero-order chi connectivity index (χ0) is 12.8. The summed E-state index contributed by atoms with van der Waals surface area (Å²) in [6, 6.07) is 0.528. The van der Waals surface area contributed by atoms with Crippen molar-refractivity contribution in [1.82, 2.24) is 5.32 Å². The Balaban J connectivity index is 1.74. The second kappa shape index (κ2) is 6.98. The van der Waals surface area contributed by atoms with Gasteiger partial charge in [0.15, 0.2) is 5.96 Å². The molecule has 2 aliphatic rings. The minimum atomic E-state index is 0.302. The number of aliphatic hydroxyl groups excluding tert-OH is 1. The maximum atomic E-state index is 9.27. The predicted molar refractivity (Wildman–Crippen MR) is 74.4 cm³/mol. The summed E-state index contributed by atoms with van der Waals surface area (Å²) in [6.07, 6.45) is 9.97. The van der Waals surface area contributed by atoms with Crippen LogP contribution in [0.3, 0.4) is 0 Å². The van der Waals surface area contributed by atoms with Crippen molar-refractivity contribution in [2.75, 3.05) is 13.2 Å². The quantitative estimate of drug-likeness (QED) is 0.527. The molecule has 0 bridgehead atoms. The molecule has 2 atom stereocenters. The van der Waals surface area contributed by atoms with E-state index in [0.717, 1.165) is 13.0 Å². The highest BCUT2D eigenvalue weighted by Gasteiger charge is 2.26. The highest BCUT2D eigenvalue weighted by molar-refractivity contribution is 5.78. The molecule has 104 valence electrons. The number of aliphatic hydroxyl groups is 1. The fourth-order valence-corrected chi connectivity index (χ4v) is 3.31. The molecule has 0 amide bonds. The van der Waals surface area contributed by atoms with Crippen LogP contribution < -0.4 is 11.1 Å². The van der Waals surface area contributed by atoms with Gasteiger partial charge in [-0.05, 0) is 37.5 Å². The first-order valence-electron chi connectivity index (χ1n) is 7.47.